The second-order valence-corrected chi connectivity index (χ2v) is 10.7. The summed E-state index contributed by atoms with van der Waals surface area (Å²) in [6, 6.07) is 0. The third-order valence-corrected chi connectivity index (χ3v) is 0. The van der Waals surface area contributed by atoms with Crippen LogP contribution in [-0.2, 0) is 102 Å². The van der Waals surface area contributed by atoms with Gasteiger partial charge < -0.3 is 154 Å². The largest absolute Gasteiger partial charge is 4.00 e. The van der Waals surface area contributed by atoms with Crippen molar-refractivity contribution in [1.82, 2.24) is 0 Å². The van der Waals surface area contributed by atoms with Gasteiger partial charge in [0.15, 0.2) is 0 Å². The van der Waals surface area contributed by atoms with Crippen LogP contribution in [0.25, 0.3) is 0 Å². The minimum absolute atomic E-state index is 0. The zero-order chi connectivity index (χ0) is 36.0. The summed E-state index contributed by atoms with van der Waals surface area (Å²) in [4.78, 5) is 205. The van der Waals surface area contributed by atoms with Crippen LogP contribution in [0.4, 0.5) is 0 Å². The van der Waals surface area contributed by atoms with E-state index < -0.39 is 62.6 Å². The first-order valence-electron chi connectivity index (χ1n) is 5.84. The standard InChI is InChI=1S/3Al.3Li.8H3O4P.H4Si.3Ti/c;;;;;;8*1-5(2,3)4;;;;/h;;;;;;8*(H3,1,2,3,4);1H4;;;/q3*+3;3*+1;;;;;;;;;;3*+4/p-24. The first-order valence-corrected chi connectivity index (χ1v) is 17.5. The van der Waals surface area contributed by atoms with Crippen LogP contribution in [-0.4, -0.2) is 63.0 Å². The molecular formula is H4Al3Li3O32P8SiTi3. The monoisotopic (exact) mass is 1040 g/mol. The zero-order valence-electron chi connectivity index (χ0n) is 22.9. The fourth-order valence-electron chi connectivity index (χ4n) is 0. The molecule has 0 aliphatic heterocycles. The van der Waals surface area contributed by atoms with Crippen molar-refractivity contribution in [1.29, 1.82) is 0 Å². The molecule has 264 valence electrons. The van der Waals surface area contributed by atoms with Gasteiger partial charge in [0.25, 0.3) is 0 Å². The SMILES string of the molecule is O=P([O-])([O-])[O-].O=P([O-])([O-])[O-].O=P([O-])([O-])[O-].O=P([O-])([O-])[O-].O=P([O-])([O-])[O-].O=P([O-])([O-])[O-].O=P([O-])([O-])[O-].O=P([O-])([O-])[O-].[Al+3].[Al+3].[Al+3].[Li+].[Li+].[Li+].[SiH4].[Ti+4].[Ti+4].[Ti+4]. The molecule has 0 aromatic heterocycles. The van der Waals surface area contributed by atoms with Crippen molar-refractivity contribution in [2.24, 2.45) is 0 Å². The maximum atomic E-state index is 8.55. The average Bonchev–Trinajstić information content (AvgIpc) is 2.16. The summed E-state index contributed by atoms with van der Waals surface area (Å²) in [6.45, 7) is 0. The quantitative estimate of drug-likeness (QED) is 0.161. The van der Waals surface area contributed by atoms with Crippen LogP contribution in [0.5, 0.6) is 0 Å². The van der Waals surface area contributed by atoms with Gasteiger partial charge in [-0.2, -0.15) is 62.6 Å². The zero-order valence-corrected chi connectivity index (χ0v) is 38.2. The number of hydrogen-bond donors (Lipinski definition) is 0. The Hall–Kier alpha value is 6.63. The molecule has 0 fully saturated rings. The van der Waals surface area contributed by atoms with Gasteiger partial charge in [-0.05, 0) is 11.0 Å². The Morgan fingerprint density at radius 2 is 0.200 bits per heavy atom. The molecule has 0 heterocycles. The van der Waals surface area contributed by atoms with Gasteiger partial charge in [0, 0.05) is 0 Å². The van der Waals surface area contributed by atoms with Crippen LogP contribution < -0.4 is 174 Å². The maximum Gasteiger partial charge on any atom is 4.00 e. The normalized spacial score (nSPS) is 9.44. The Labute approximate surface area is 396 Å². The van der Waals surface area contributed by atoms with Crippen molar-refractivity contribution in [3.63, 3.8) is 0 Å². The molecule has 0 rings (SSSR count). The molecule has 32 nitrogen and oxygen atoms in total. The Morgan fingerprint density at radius 1 is 0.200 bits per heavy atom. The van der Waals surface area contributed by atoms with Crippen LogP contribution >= 0.6 is 62.6 Å². The molecule has 0 aliphatic rings. The first-order chi connectivity index (χ1) is 16.0. The molecular weight excluding hydrogens is 1030 g/mol. The molecule has 0 bridgehead atoms. The van der Waals surface area contributed by atoms with Gasteiger partial charge >= 0.3 is 174 Å². The van der Waals surface area contributed by atoms with Gasteiger partial charge in [-0.15, -0.1) is 0 Å². The van der Waals surface area contributed by atoms with E-state index in [4.69, 9.17) is 154 Å². The predicted octanol–water partition coefficient (Wildman–Crippen LogP) is -34.2. The van der Waals surface area contributed by atoms with E-state index >= 15 is 0 Å². The molecule has 0 unspecified atom stereocenters. The van der Waals surface area contributed by atoms with E-state index in [0.29, 0.717) is 0 Å². The molecule has 0 amide bonds. The molecule has 0 aliphatic carbocycles. The van der Waals surface area contributed by atoms with Crippen LogP contribution in [0.2, 0.25) is 0 Å². The van der Waals surface area contributed by atoms with E-state index in [9.17, 15) is 0 Å². The van der Waals surface area contributed by atoms with E-state index in [1.54, 1.807) is 0 Å². The number of phosphoric acid groups is 8. The number of rotatable bonds is 0. The van der Waals surface area contributed by atoms with E-state index in [-0.39, 0.29) is 185 Å². The minimum atomic E-state index is -5.39. The molecule has 0 N–H and O–H groups in total. The van der Waals surface area contributed by atoms with Crippen molar-refractivity contribution in [3.8, 4) is 0 Å². The van der Waals surface area contributed by atoms with Crippen LogP contribution in [0, 0.1) is 0 Å². The maximum absolute atomic E-state index is 8.55. The van der Waals surface area contributed by atoms with Crippen LogP contribution in [0.3, 0.4) is 0 Å². The molecule has 0 spiro atoms. The third kappa shape index (κ3) is 3580. The summed E-state index contributed by atoms with van der Waals surface area (Å²) in [5.74, 6) is 0. The Kier molecular flexibility index (Phi) is 131. The number of hydrogen-bond acceptors (Lipinski definition) is 32. The first kappa shape index (κ1) is 117. The second-order valence-electron chi connectivity index (χ2n) is 3.58. The minimum Gasteiger partial charge on any atom is -0.822 e. The predicted molar refractivity (Wildman–Crippen MR) is 89.4 cm³/mol. The van der Waals surface area contributed by atoms with E-state index in [1.807, 2.05) is 0 Å². The van der Waals surface area contributed by atoms with Crippen molar-refractivity contribution < 1.29 is 276 Å². The van der Waals surface area contributed by atoms with Crippen molar-refractivity contribution in [2.45, 2.75) is 0 Å². The molecule has 50 heteroatoms. The topological polar surface area (TPSA) is 690 Å². The second kappa shape index (κ2) is 55.6. The summed E-state index contributed by atoms with van der Waals surface area (Å²) in [6.07, 6.45) is 0. The van der Waals surface area contributed by atoms with Crippen LogP contribution in [0.15, 0.2) is 0 Å². The van der Waals surface area contributed by atoms with Gasteiger partial charge in [0.2, 0.25) is 0 Å². The van der Waals surface area contributed by atoms with Crippen LogP contribution in [0.1, 0.15) is 0 Å². The molecule has 50 heavy (non-hydrogen) atoms. The van der Waals surface area contributed by atoms with Gasteiger partial charge in [-0.1, -0.05) is 0 Å². The molecule has 0 radical (unpaired) electrons. The molecule has 0 saturated carbocycles. The summed E-state index contributed by atoms with van der Waals surface area (Å²) in [5, 5.41) is 0. The van der Waals surface area contributed by atoms with E-state index in [1.165, 1.54) is 0 Å². The Bertz CT molecular complexity index is 693. The molecule has 0 aromatic rings. The Morgan fingerprint density at radius 3 is 0.200 bits per heavy atom. The van der Waals surface area contributed by atoms with Crippen molar-refractivity contribution >= 4 is 126 Å². The summed E-state index contributed by atoms with van der Waals surface area (Å²) in [5.41, 5.74) is 0. The summed E-state index contributed by atoms with van der Waals surface area (Å²) < 4.78 is 68.4. The third-order valence-electron chi connectivity index (χ3n) is 0. The van der Waals surface area contributed by atoms with Gasteiger partial charge in [0.05, 0.1) is 0 Å². The van der Waals surface area contributed by atoms with E-state index in [0.717, 1.165) is 0 Å². The van der Waals surface area contributed by atoms with Gasteiger partial charge in [-0.25, -0.2) is 0 Å². The molecule has 0 atom stereocenters. The summed E-state index contributed by atoms with van der Waals surface area (Å²) in [7, 11) is -43.1. The summed E-state index contributed by atoms with van der Waals surface area (Å²) >= 11 is 0. The molecule has 0 aromatic carbocycles. The fraction of sp³-hybridized carbons (Fsp3) is 0. The Balaban J connectivity index is -0.0000000142. The van der Waals surface area contributed by atoms with E-state index in [2.05, 4.69) is 0 Å². The average molecular weight is 1040 g/mol. The van der Waals surface area contributed by atoms with Gasteiger partial charge in [-0.3, -0.25) is 0 Å². The van der Waals surface area contributed by atoms with Crippen molar-refractivity contribution in [3.05, 3.63) is 0 Å². The van der Waals surface area contributed by atoms with Crippen molar-refractivity contribution in [2.75, 3.05) is 0 Å². The smallest absolute Gasteiger partial charge is 0.822 e. The molecule has 0 saturated heterocycles. The fourth-order valence-corrected chi connectivity index (χ4v) is 0. The van der Waals surface area contributed by atoms with Gasteiger partial charge in [0.1, 0.15) is 0 Å².